The second-order valence-electron chi connectivity index (χ2n) is 7.03. The number of carbonyl (C=O) groups is 1. The van der Waals surface area contributed by atoms with Crippen molar-refractivity contribution in [1.29, 1.82) is 0 Å². The quantitative estimate of drug-likeness (QED) is 0.677. The summed E-state index contributed by atoms with van der Waals surface area (Å²) in [4.78, 5) is 12.7. The fourth-order valence-corrected chi connectivity index (χ4v) is 3.25. The smallest absolute Gasteiger partial charge is 0.169 e. The minimum atomic E-state index is -0.737. The Hall–Kier alpha value is -1.91. The van der Waals surface area contributed by atoms with Crippen molar-refractivity contribution in [3.8, 4) is 0 Å². The summed E-state index contributed by atoms with van der Waals surface area (Å²) < 4.78 is 11.1. The van der Waals surface area contributed by atoms with E-state index in [0.29, 0.717) is 19.6 Å². The molecule has 1 aromatic carbocycles. The average Bonchev–Trinajstić information content (AvgIpc) is 2.62. The highest BCUT2D eigenvalue weighted by Gasteiger charge is 2.40. The lowest BCUT2D eigenvalue weighted by Crippen LogP contribution is -2.36. The third-order valence-corrected chi connectivity index (χ3v) is 4.91. The van der Waals surface area contributed by atoms with Gasteiger partial charge in [0, 0.05) is 12.5 Å². The van der Waals surface area contributed by atoms with E-state index in [1.54, 1.807) is 12.2 Å². The summed E-state index contributed by atoms with van der Waals surface area (Å²) in [7, 11) is 0. The van der Waals surface area contributed by atoms with Crippen molar-refractivity contribution >= 4 is 5.78 Å². The lowest BCUT2D eigenvalue weighted by atomic mass is 9.67. The molecule has 26 heavy (non-hydrogen) atoms. The predicted octanol–water partition coefficient (Wildman–Crippen LogP) is 4.05. The van der Waals surface area contributed by atoms with Gasteiger partial charge in [-0.25, -0.2) is 0 Å². The van der Waals surface area contributed by atoms with Crippen LogP contribution < -0.4 is 0 Å². The molecule has 0 spiro atoms. The average molecular weight is 358 g/mol. The highest BCUT2D eigenvalue weighted by molar-refractivity contribution is 5.97. The van der Waals surface area contributed by atoms with Crippen LogP contribution in [-0.4, -0.2) is 30.2 Å². The monoisotopic (exact) mass is 358 g/mol. The van der Waals surface area contributed by atoms with Crippen LogP contribution in [0.15, 0.2) is 54.3 Å². The number of allylic oxidation sites excluding steroid dienone is 3. The van der Waals surface area contributed by atoms with Gasteiger partial charge in [-0.1, -0.05) is 56.3 Å². The summed E-state index contributed by atoms with van der Waals surface area (Å²) >= 11 is 0. The number of carbonyl (C=O) groups excluding carboxylic acids is 1. The number of hydrogen-bond acceptors (Lipinski definition) is 4. The first-order valence-corrected chi connectivity index (χ1v) is 9.35. The van der Waals surface area contributed by atoms with E-state index < -0.39 is 11.5 Å². The maximum Gasteiger partial charge on any atom is 0.169 e. The first kappa shape index (κ1) is 20.4. The van der Waals surface area contributed by atoms with Crippen molar-refractivity contribution in [1.82, 2.24) is 0 Å². The molecule has 0 radical (unpaired) electrons. The molecular formula is C22H30O4. The second kappa shape index (κ2) is 9.70. The van der Waals surface area contributed by atoms with Gasteiger partial charge in [0.15, 0.2) is 5.78 Å². The maximum absolute atomic E-state index is 12.7. The van der Waals surface area contributed by atoms with Gasteiger partial charge in [-0.2, -0.15) is 0 Å². The Morgan fingerprint density at radius 3 is 2.62 bits per heavy atom. The van der Waals surface area contributed by atoms with Crippen molar-refractivity contribution in [2.24, 2.45) is 11.3 Å². The fourth-order valence-electron chi connectivity index (χ4n) is 3.25. The molecule has 0 saturated carbocycles. The van der Waals surface area contributed by atoms with Crippen LogP contribution in [0.1, 0.15) is 39.2 Å². The Bertz CT molecular complexity index is 633. The topological polar surface area (TPSA) is 55.8 Å². The molecule has 0 fully saturated rings. The zero-order chi connectivity index (χ0) is 19.0. The van der Waals surface area contributed by atoms with Crippen LogP contribution in [0.5, 0.6) is 0 Å². The Kier molecular flexibility index (Phi) is 7.61. The van der Waals surface area contributed by atoms with Gasteiger partial charge in [0.25, 0.3) is 0 Å². The predicted molar refractivity (Wildman–Crippen MR) is 102 cm³/mol. The lowest BCUT2D eigenvalue weighted by Gasteiger charge is -2.36. The molecule has 0 unspecified atom stereocenters. The molecule has 142 valence electrons. The molecule has 0 bridgehead atoms. The lowest BCUT2D eigenvalue weighted by molar-refractivity contribution is -0.124. The summed E-state index contributed by atoms with van der Waals surface area (Å²) in [6, 6.07) is 9.84. The van der Waals surface area contributed by atoms with Crippen molar-refractivity contribution < 1.29 is 19.4 Å². The number of ketones is 1. The van der Waals surface area contributed by atoms with Gasteiger partial charge in [0.1, 0.15) is 0 Å². The van der Waals surface area contributed by atoms with Gasteiger partial charge < -0.3 is 14.6 Å². The molecule has 2 rings (SSSR count). The molecule has 1 aliphatic carbocycles. The highest BCUT2D eigenvalue weighted by atomic mass is 16.5. The molecule has 1 aromatic rings. The molecule has 4 nitrogen and oxygen atoms in total. The summed E-state index contributed by atoms with van der Waals surface area (Å²) in [6.45, 7) is 7.23. The highest BCUT2D eigenvalue weighted by Crippen LogP contribution is 2.41. The number of benzene rings is 1. The maximum atomic E-state index is 12.7. The zero-order valence-corrected chi connectivity index (χ0v) is 16.0. The van der Waals surface area contributed by atoms with E-state index in [0.717, 1.165) is 17.7 Å². The molecule has 1 aliphatic rings. The zero-order valence-electron chi connectivity index (χ0n) is 16.0. The van der Waals surface area contributed by atoms with Crippen LogP contribution in [0.25, 0.3) is 0 Å². The van der Waals surface area contributed by atoms with Gasteiger partial charge in [0.05, 0.1) is 37.1 Å². The van der Waals surface area contributed by atoms with E-state index in [2.05, 4.69) is 0 Å². The Balaban J connectivity index is 1.95. The van der Waals surface area contributed by atoms with Gasteiger partial charge in [0.2, 0.25) is 0 Å². The van der Waals surface area contributed by atoms with Crippen molar-refractivity contribution in [3.05, 3.63) is 59.9 Å². The third-order valence-electron chi connectivity index (χ3n) is 4.91. The molecule has 1 N–H and O–H groups in total. The third kappa shape index (κ3) is 5.29. The molecule has 0 saturated heterocycles. The van der Waals surface area contributed by atoms with Crippen LogP contribution in [-0.2, 0) is 20.9 Å². The summed E-state index contributed by atoms with van der Waals surface area (Å²) in [5.41, 5.74) is 0.486. The molecular weight excluding hydrogens is 328 g/mol. The second-order valence-corrected chi connectivity index (χ2v) is 7.03. The first-order chi connectivity index (χ1) is 12.5. The van der Waals surface area contributed by atoms with Gasteiger partial charge in [-0.15, -0.1) is 0 Å². The number of rotatable bonds is 9. The minimum Gasteiger partial charge on any atom is -0.498 e. The summed E-state index contributed by atoms with van der Waals surface area (Å²) in [6.07, 6.45) is 5.89. The molecule has 0 amide bonds. The van der Waals surface area contributed by atoms with E-state index in [9.17, 15) is 9.90 Å². The fraction of sp³-hybridized carbons (Fsp3) is 0.500. The van der Waals surface area contributed by atoms with Crippen LogP contribution >= 0.6 is 0 Å². The van der Waals surface area contributed by atoms with Crippen molar-refractivity contribution in [2.75, 3.05) is 13.2 Å². The molecule has 0 heterocycles. The van der Waals surface area contributed by atoms with Gasteiger partial charge in [-0.3, -0.25) is 4.79 Å². The van der Waals surface area contributed by atoms with E-state index >= 15 is 0 Å². The standard InChI is InChI=1S/C22H30O4/c1-4-26-20-11-13-22(17(2)3,21(24)14-20)12-10-19(23)16-25-15-18-8-6-5-7-9-18/h5-10,12,14,17,19,23H,4,11,13,15-16H2,1-3H3/b12-10+/t19-,22-/m1/s1. The minimum absolute atomic E-state index is 0.0517. The SMILES string of the molecule is CCOC1=CC(=O)[C@@](/C=C/[C@@H](O)COCc2ccccc2)(C(C)C)CC1. The van der Waals surface area contributed by atoms with Crippen LogP contribution in [0, 0.1) is 11.3 Å². The molecule has 0 aliphatic heterocycles. The number of aliphatic hydroxyl groups excluding tert-OH is 1. The van der Waals surface area contributed by atoms with Crippen LogP contribution in [0.4, 0.5) is 0 Å². The Morgan fingerprint density at radius 2 is 2.00 bits per heavy atom. The van der Waals surface area contributed by atoms with Crippen molar-refractivity contribution in [3.63, 3.8) is 0 Å². The Labute approximate surface area is 156 Å². The van der Waals surface area contributed by atoms with E-state index in [4.69, 9.17) is 9.47 Å². The van der Waals surface area contributed by atoms with E-state index in [-0.39, 0.29) is 18.3 Å². The molecule has 0 aromatic heterocycles. The first-order valence-electron chi connectivity index (χ1n) is 9.35. The summed E-state index contributed by atoms with van der Waals surface area (Å²) in [5, 5.41) is 10.2. The number of aliphatic hydroxyl groups is 1. The van der Waals surface area contributed by atoms with Crippen molar-refractivity contribution in [2.45, 2.75) is 46.3 Å². The van der Waals surface area contributed by atoms with E-state index in [1.165, 1.54) is 0 Å². The molecule has 2 atom stereocenters. The van der Waals surface area contributed by atoms with Crippen LogP contribution in [0.2, 0.25) is 0 Å². The number of ether oxygens (including phenoxy) is 2. The van der Waals surface area contributed by atoms with Gasteiger partial charge in [-0.05, 0) is 24.8 Å². The summed E-state index contributed by atoms with van der Waals surface area (Å²) in [5.74, 6) is 0.952. The van der Waals surface area contributed by atoms with E-state index in [1.807, 2.05) is 57.2 Å². The molecule has 4 heteroatoms. The van der Waals surface area contributed by atoms with Crippen LogP contribution in [0.3, 0.4) is 0 Å². The van der Waals surface area contributed by atoms with Gasteiger partial charge >= 0.3 is 0 Å². The Morgan fingerprint density at radius 1 is 1.27 bits per heavy atom. The largest absolute Gasteiger partial charge is 0.498 e. The number of hydrogen-bond donors (Lipinski definition) is 1. The normalized spacial score (nSPS) is 21.9.